The molecule has 0 bridgehead atoms. The molecule has 1 amide bonds. The molecular formula is C23H19BrFN3O2S. The maximum absolute atomic E-state index is 13.9. The number of thiophene rings is 1. The SMILES string of the molecule is Cc1ccccc1OCc1csc(C(=O)Nc2nn(Cc3ccccc3F)cc2Br)c1. The third-order valence-corrected chi connectivity index (χ3v) is 6.16. The number of nitrogens with one attached hydrogen (secondary N) is 1. The molecular weight excluding hydrogens is 481 g/mol. The second-order valence-electron chi connectivity index (χ2n) is 6.94. The first-order valence-corrected chi connectivity index (χ1v) is 11.2. The molecule has 1 N–H and O–H groups in total. The number of aromatic nitrogens is 2. The van der Waals surface area contributed by atoms with E-state index in [2.05, 4.69) is 26.3 Å². The van der Waals surface area contributed by atoms with E-state index in [0.717, 1.165) is 16.9 Å². The molecule has 2 aromatic heterocycles. The van der Waals surface area contributed by atoms with Crippen LogP contribution in [0.3, 0.4) is 0 Å². The first-order valence-electron chi connectivity index (χ1n) is 9.53. The Morgan fingerprint density at radius 1 is 1.23 bits per heavy atom. The number of halogens is 2. The highest BCUT2D eigenvalue weighted by molar-refractivity contribution is 9.10. The van der Waals surface area contributed by atoms with Crippen molar-refractivity contribution in [3.63, 3.8) is 0 Å². The van der Waals surface area contributed by atoms with Crippen molar-refractivity contribution >= 4 is 39.0 Å². The van der Waals surface area contributed by atoms with Crippen LogP contribution in [-0.4, -0.2) is 15.7 Å². The molecule has 2 heterocycles. The lowest BCUT2D eigenvalue weighted by molar-refractivity contribution is 0.103. The molecule has 0 fully saturated rings. The number of aryl methyl sites for hydroxylation is 1. The van der Waals surface area contributed by atoms with Gasteiger partial charge in [0, 0.05) is 17.3 Å². The molecule has 0 aliphatic rings. The molecule has 31 heavy (non-hydrogen) atoms. The Kier molecular flexibility index (Phi) is 6.48. The number of carbonyl (C=O) groups is 1. The van der Waals surface area contributed by atoms with Crippen LogP contribution >= 0.6 is 27.3 Å². The van der Waals surface area contributed by atoms with Gasteiger partial charge in [0.15, 0.2) is 5.82 Å². The molecule has 0 atom stereocenters. The lowest BCUT2D eigenvalue weighted by atomic mass is 10.2. The zero-order valence-corrected chi connectivity index (χ0v) is 19.0. The van der Waals surface area contributed by atoms with E-state index in [1.54, 1.807) is 29.1 Å². The summed E-state index contributed by atoms with van der Waals surface area (Å²) in [5, 5.41) is 9.06. The number of nitrogens with zero attached hydrogens (tertiary/aromatic N) is 2. The van der Waals surface area contributed by atoms with E-state index < -0.39 is 0 Å². The van der Waals surface area contributed by atoms with Gasteiger partial charge < -0.3 is 10.1 Å². The van der Waals surface area contributed by atoms with Crippen LogP contribution in [0.15, 0.2) is 70.6 Å². The number of hydrogen-bond acceptors (Lipinski definition) is 4. The van der Waals surface area contributed by atoms with Gasteiger partial charge in [-0.05, 0) is 52.0 Å². The maximum atomic E-state index is 13.9. The summed E-state index contributed by atoms with van der Waals surface area (Å²) in [6.07, 6.45) is 1.71. The molecule has 0 unspecified atom stereocenters. The van der Waals surface area contributed by atoms with E-state index in [1.165, 1.54) is 17.4 Å². The van der Waals surface area contributed by atoms with Crippen LogP contribution in [0.25, 0.3) is 0 Å². The summed E-state index contributed by atoms with van der Waals surface area (Å²) < 4.78 is 21.9. The molecule has 0 aliphatic carbocycles. The molecule has 5 nitrogen and oxygen atoms in total. The van der Waals surface area contributed by atoms with Crippen molar-refractivity contribution in [3.8, 4) is 5.75 Å². The largest absolute Gasteiger partial charge is 0.489 e. The molecule has 0 saturated carbocycles. The van der Waals surface area contributed by atoms with Crippen LogP contribution in [-0.2, 0) is 13.2 Å². The Hall–Kier alpha value is -2.97. The van der Waals surface area contributed by atoms with Crippen LogP contribution in [0.1, 0.15) is 26.4 Å². The summed E-state index contributed by atoms with van der Waals surface area (Å²) in [6.45, 7) is 2.64. The number of amides is 1. The lowest BCUT2D eigenvalue weighted by Crippen LogP contribution is -2.12. The highest BCUT2D eigenvalue weighted by atomic mass is 79.9. The molecule has 158 valence electrons. The summed E-state index contributed by atoms with van der Waals surface area (Å²) in [5.41, 5.74) is 2.50. The van der Waals surface area contributed by atoms with E-state index in [4.69, 9.17) is 4.74 Å². The minimum absolute atomic E-state index is 0.260. The molecule has 4 rings (SSSR count). The minimum atomic E-state index is -0.293. The van der Waals surface area contributed by atoms with Gasteiger partial charge >= 0.3 is 0 Å². The van der Waals surface area contributed by atoms with Crippen molar-refractivity contribution in [2.45, 2.75) is 20.1 Å². The minimum Gasteiger partial charge on any atom is -0.489 e. The number of rotatable bonds is 7. The zero-order valence-electron chi connectivity index (χ0n) is 16.6. The van der Waals surface area contributed by atoms with Gasteiger partial charge in [-0.2, -0.15) is 5.10 Å². The van der Waals surface area contributed by atoms with Gasteiger partial charge in [-0.15, -0.1) is 11.3 Å². The van der Waals surface area contributed by atoms with Gasteiger partial charge in [-0.1, -0.05) is 36.4 Å². The molecule has 0 saturated heterocycles. The Labute approximate surface area is 191 Å². The Morgan fingerprint density at radius 2 is 2.00 bits per heavy atom. The van der Waals surface area contributed by atoms with Gasteiger partial charge in [0.05, 0.1) is 15.9 Å². The predicted molar refractivity (Wildman–Crippen MR) is 123 cm³/mol. The molecule has 0 radical (unpaired) electrons. The topological polar surface area (TPSA) is 56.1 Å². The summed E-state index contributed by atoms with van der Waals surface area (Å²) in [7, 11) is 0. The van der Waals surface area contributed by atoms with Gasteiger partial charge in [0.1, 0.15) is 18.2 Å². The van der Waals surface area contributed by atoms with Crippen LogP contribution < -0.4 is 10.1 Å². The fourth-order valence-corrected chi connectivity index (χ4v) is 4.19. The van der Waals surface area contributed by atoms with Crippen molar-refractivity contribution < 1.29 is 13.9 Å². The van der Waals surface area contributed by atoms with Crippen LogP contribution in [0.4, 0.5) is 10.2 Å². The van der Waals surface area contributed by atoms with Crippen molar-refractivity contribution in [1.29, 1.82) is 0 Å². The Balaban J connectivity index is 1.39. The molecule has 4 aromatic rings. The second kappa shape index (κ2) is 9.45. The normalized spacial score (nSPS) is 10.8. The molecule has 0 spiro atoms. The lowest BCUT2D eigenvalue weighted by Gasteiger charge is -2.07. The smallest absolute Gasteiger partial charge is 0.266 e. The van der Waals surface area contributed by atoms with Gasteiger partial charge in [0.2, 0.25) is 0 Å². The van der Waals surface area contributed by atoms with E-state index >= 15 is 0 Å². The van der Waals surface area contributed by atoms with Crippen molar-refractivity contribution in [3.05, 3.63) is 98.0 Å². The van der Waals surface area contributed by atoms with Crippen LogP contribution in [0.5, 0.6) is 5.75 Å². The van der Waals surface area contributed by atoms with E-state index in [-0.39, 0.29) is 18.3 Å². The number of para-hydroxylation sites is 1. The van der Waals surface area contributed by atoms with Crippen molar-refractivity contribution in [1.82, 2.24) is 9.78 Å². The first kappa shape index (κ1) is 21.3. The van der Waals surface area contributed by atoms with Crippen LogP contribution in [0.2, 0.25) is 0 Å². The van der Waals surface area contributed by atoms with Gasteiger partial charge in [-0.3, -0.25) is 9.48 Å². The third kappa shape index (κ3) is 5.21. The van der Waals surface area contributed by atoms with Crippen LogP contribution in [0, 0.1) is 12.7 Å². The number of hydrogen-bond donors (Lipinski definition) is 1. The summed E-state index contributed by atoms with van der Waals surface area (Å²) in [4.78, 5) is 13.2. The Bertz CT molecular complexity index is 1220. The standard InChI is InChI=1S/C23H19BrFN3O2S/c1-15-6-2-5-9-20(15)30-13-16-10-21(31-14-16)23(29)26-22-18(24)12-28(27-22)11-17-7-3-4-8-19(17)25/h2-10,12,14H,11,13H2,1H3,(H,26,27,29). The van der Waals surface area contributed by atoms with E-state index in [9.17, 15) is 9.18 Å². The Morgan fingerprint density at radius 3 is 2.81 bits per heavy atom. The van der Waals surface area contributed by atoms with Crippen molar-refractivity contribution in [2.24, 2.45) is 0 Å². The van der Waals surface area contributed by atoms with Gasteiger partial charge in [-0.25, -0.2) is 4.39 Å². The highest BCUT2D eigenvalue weighted by Gasteiger charge is 2.15. The quantitative estimate of drug-likeness (QED) is 0.337. The monoisotopic (exact) mass is 499 g/mol. The second-order valence-corrected chi connectivity index (χ2v) is 8.71. The summed E-state index contributed by atoms with van der Waals surface area (Å²) >= 11 is 4.75. The number of benzene rings is 2. The van der Waals surface area contributed by atoms with E-state index in [1.807, 2.05) is 42.6 Å². The fourth-order valence-electron chi connectivity index (χ4n) is 2.98. The maximum Gasteiger partial charge on any atom is 0.266 e. The summed E-state index contributed by atoms with van der Waals surface area (Å²) in [6, 6.07) is 16.1. The zero-order chi connectivity index (χ0) is 21.8. The number of ether oxygens (including phenoxy) is 1. The average Bonchev–Trinajstić information content (AvgIpc) is 3.36. The number of anilines is 1. The third-order valence-electron chi connectivity index (χ3n) is 4.60. The first-order chi connectivity index (χ1) is 15.0. The van der Waals surface area contributed by atoms with E-state index in [0.29, 0.717) is 27.3 Å². The molecule has 2 aromatic carbocycles. The van der Waals surface area contributed by atoms with Gasteiger partial charge in [0.25, 0.3) is 5.91 Å². The highest BCUT2D eigenvalue weighted by Crippen LogP contribution is 2.24. The number of carbonyl (C=O) groups excluding carboxylic acids is 1. The fraction of sp³-hybridized carbons (Fsp3) is 0.130. The molecule has 8 heteroatoms. The predicted octanol–water partition coefficient (Wildman–Crippen LogP) is 6.03. The summed E-state index contributed by atoms with van der Waals surface area (Å²) in [5.74, 6) is 0.652. The average molecular weight is 500 g/mol. The van der Waals surface area contributed by atoms with Crippen molar-refractivity contribution in [2.75, 3.05) is 5.32 Å². The molecule has 0 aliphatic heterocycles.